The maximum Gasteiger partial charge on any atom is 0.228 e. The largest absolute Gasteiger partial charge is 0.382 e. The lowest BCUT2D eigenvalue weighted by Gasteiger charge is -2.07. The van der Waals surface area contributed by atoms with Gasteiger partial charge in [0.05, 0.1) is 10.0 Å². The highest BCUT2D eigenvalue weighted by molar-refractivity contribution is 6.37. The Morgan fingerprint density at radius 3 is 2.88 bits per heavy atom. The minimum absolute atomic E-state index is 0.233. The van der Waals surface area contributed by atoms with E-state index in [1.807, 2.05) is 0 Å². The molecule has 6 nitrogen and oxygen atoms in total. The highest BCUT2D eigenvalue weighted by Crippen LogP contribution is 2.27. The fourth-order valence-corrected chi connectivity index (χ4v) is 1.62. The molecule has 0 bridgehead atoms. The Hall–Kier alpha value is -1.53. The molecule has 0 aliphatic rings. The molecule has 0 unspecified atom stereocenters. The van der Waals surface area contributed by atoms with Crippen molar-refractivity contribution < 1.29 is 4.52 Å². The summed E-state index contributed by atoms with van der Waals surface area (Å²) in [7, 11) is 0. The molecule has 0 saturated carbocycles. The Balaban J connectivity index is 1.97. The zero-order valence-corrected chi connectivity index (χ0v) is 10.2. The molecule has 2 heterocycles. The predicted molar refractivity (Wildman–Crippen MR) is 65.2 cm³/mol. The van der Waals surface area contributed by atoms with Crippen molar-refractivity contribution in [3.8, 4) is 0 Å². The van der Waals surface area contributed by atoms with Crippen LogP contribution >= 0.6 is 23.2 Å². The second-order valence-electron chi connectivity index (χ2n) is 3.20. The van der Waals surface area contributed by atoms with Gasteiger partial charge in [0, 0.05) is 13.0 Å². The van der Waals surface area contributed by atoms with Crippen molar-refractivity contribution in [2.75, 3.05) is 17.6 Å². The van der Waals surface area contributed by atoms with Crippen LogP contribution in [0.1, 0.15) is 5.89 Å². The Morgan fingerprint density at radius 1 is 1.35 bits per heavy atom. The van der Waals surface area contributed by atoms with E-state index in [0.29, 0.717) is 34.7 Å². The van der Waals surface area contributed by atoms with Gasteiger partial charge in [-0.25, -0.2) is 4.98 Å². The number of halogens is 2. The first-order chi connectivity index (χ1) is 8.16. The summed E-state index contributed by atoms with van der Waals surface area (Å²) >= 11 is 11.7. The highest BCUT2D eigenvalue weighted by atomic mass is 35.5. The number of nitrogens with one attached hydrogen (secondary N) is 1. The zero-order valence-electron chi connectivity index (χ0n) is 8.65. The van der Waals surface area contributed by atoms with Gasteiger partial charge in [0.15, 0.2) is 6.33 Å². The molecule has 3 N–H and O–H groups in total. The molecule has 2 rings (SSSR count). The molecule has 0 aliphatic carbocycles. The predicted octanol–water partition coefficient (Wildman–Crippen LogP) is 2.01. The fourth-order valence-electron chi connectivity index (χ4n) is 1.20. The van der Waals surface area contributed by atoms with Gasteiger partial charge in [-0.1, -0.05) is 28.4 Å². The van der Waals surface area contributed by atoms with E-state index in [9.17, 15) is 0 Å². The molecule has 2 aromatic heterocycles. The van der Waals surface area contributed by atoms with Crippen molar-refractivity contribution >= 4 is 34.8 Å². The lowest BCUT2D eigenvalue weighted by molar-refractivity contribution is 0.379. The smallest absolute Gasteiger partial charge is 0.228 e. The molecule has 8 heteroatoms. The van der Waals surface area contributed by atoms with E-state index < -0.39 is 0 Å². The normalized spacial score (nSPS) is 10.5. The monoisotopic (exact) mass is 273 g/mol. The number of pyridine rings is 1. The Labute approximate surface area is 107 Å². The lowest BCUT2D eigenvalue weighted by Crippen LogP contribution is -2.08. The third kappa shape index (κ3) is 2.98. The Bertz CT molecular complexity index is 502. The number of nitrogen functional groups attached to an aromatic ring is 1. The quantitative estimate of drug-likeness (QED) is 0.886. The Morgan fingerprint density at radius 2 is 2.18 bits per heavy atom. The van der Waals surface area contributed by atoms with Crippen molar-refractivity contribution in [3.63, 3.8) is 0 Å². The zero-order chi connectivity index (χ0) is 12.3. The van der Waals surface area contributed by atoms with E-state index >= 15 is 0 Å². The van der Waals surface area contributed by atoms with Crippen LogP contribution in [0.5, 0.6) is 0 Å². The number of hydrogen-bond donors (Lipinski definition) is 2. The van der Waals surface area contributed by atoms with Crippen LogP contribution in [0, 0.1) is 0 Å². The van der Waals surface area contributed by atoms with E-state index in [-0.39, 0.29) is 5.82 Å². The van der Waals surface area contributed by atoms with Gasteiger partial charge in [0.25, 0.3) is 0 Å². The van der Waals surface area contributed by atoms with Gasteiger partial charge in [-0.05, 0) is 6.07 Å². The van der Waals surface area contributed by atoms with Crippen molar-refractivity contribution in [1.29, 1.82) is 0 Å². The number of hydrogen-bond acceptors (Lipinski definition) is 6. The van der Waals surface area contributed by atoms with E-state index in [1.54, 1.807) is 6.07 Å². The lowest BCUT2D eigenvalue weighted by atomic mass is 10.4. The van der Waals surface area contributed by atoms with Crippen LogP contribution in [0.3, 0.4) is 0 Å². The Kier molecular flexibility index (Phi) is 3.65. The molecule has 0 atom stereocenters. The number of nitrogens with two attached hydrogens (primary N) is 1. The van der Waals surface area contributed by atoms with Crippen molar-refractivity contribution in [3.05, 3.63) is 28.3 Å². The van der Waals surface area contributed by atoms with Crippen LogP contribution in [0.2, 0.25) is 10.0 Å². The van der Waals surface area contributed by atoms with Crippen molar-refractivity contribution in [1.82, 2.24) is 15.1 Å². The van der Waals surface area contributed by atoms with Gasteiger partial charge in [-0.3, -0.25) is 0 Å². The minimum atomic E-state index is 0.233. The summed E-state index contributed by atoms with van der Waals surface area (Å²) in [6.07, 6.45) is 1.92. The molecular weight excluding hydrogens is 265 g/mol. The fraction of sp³-hybridized carbons (Fsp3) is 0.222. The first-order valence-electron chi connectivity index (χ1n) is 4.78. The van der Waals surface area contributed by atoms with Crippen LogP contribution in [-0.2, 0) is 6.42 Å². The van der Waals surface area contributed by atoms with E-state index in [0.717, 1.165) is 0 Å². The number of rotatable bonds is 4. The SMILES string of the molecule is Nc1nc(NCCc2ncno2)c(Cl)cc1Cl. The molecule has 0 aromatic carbocycles. The van der Waals surface area contributed by atoms with E-state index in [4.69, 9.17) is 33.5 Å². The third-order valence-corrected chi connectivity index (χ3v) is 2.59. The van der Waals surface area contributed by atoms with Crippen LogP contribution in [-0.4, -0.2) is 21.7 Å². The molecule has 0 amide bonds. The summed E-state index contributed by atoms with van der Waals surface area (Å²) in [6, 6.07) is 1.54. The van der Waals surface area contributed by atoms with Gasteiger partial charge >= 0.3 is 0 Å². The van der Waals surface area contributed by atoms with Crippen LogP contribution in [0.25, 0.3) is 0 Å². The average molecular weight is 274 g/mol. The maximum absolute atomic E-state index is 5.95. The molecule has 0 saturated heterocycles. The van der Waals surface area contributed by atoms with Crippen LogP contribution < -0.4 is 11.1 Å². The topological polar surface area (TPSA) is 89.9 Å². The van der Waals surface area contributed by atoms with Crippen molar-refractivity contribution in [2.24, 2.45) is 0 Å². The second kappa shape index (κ2) is 5.20. The summed E-state index contributed by atoms with van der Waals surface area (Å²) in [5.74, 6) is 1.25. The first kappa shape index (κ1) is 11.9. The highest BCUT2D eigenvalue weighted by Gasteiger charge is 2.07. The average Bonchev–Trinajstić information content (AvgIpc) is 2.78. The second-order valence-corrected chi connectivity index (χ2v) is 4.01. The van der Waals surface area contributed by atoms with Crippen molar-refractivity contribution in [2.45, 2.75) is 6.42 Å². The minimum Gasteiger partial charge on any atom is -0.382 e. The molecule has 17 heavy (non-hydrogen) atoms. The molecule has 0 radical (unpaired) electrons. The number of aromatic nitrogens is 3. The van der Waals surface area contributed by atoms with E-state index in [2.05, 4.69) is 20.4 Å². The first-order valence-corrected chi connectivity index (χ1v) is 5.53. The summed E-state index contributed by atoms with van der Waals surface area (Å²) in [5.41, 5.74) is 5.57. The van der Waals surface area contributed by atoms with Gasteiger partial charge in [-0.15, -0.1) is 0 Å². The van der Waals surface area contributed by atoms with Gasteiger partial charge in [0.1, 0.15) is 11.6 Å². The van der Waals surface area contributed by atoms with E-state index in [1.165, 1.54) is 6.33 Å². The molecule has 0 aliphatic heterocycles. The molecular formula is C9H9Cl2N5O. The number of nitrogens with zero attached hydrogens (tertiary/aromatic N) is 3. The van der Waals surface area contributed by atoms with Crippen LogP contribution in [0.4, 0.5) is 11.6 Å². The summed E-state index contributed by atoms with van der Waals surface area (Å²) in [6.45, 7) is 0.552. The maximum atomic E-state index is 5.95. The van der Waals surface area contributed by atoms with Crippen LogP contribution in [0.15, 0.2) is 16.9 Å². The summed E-state index contributed by atoms with van der Waals surface area (Å²) < 4.78 is 4.84. The molecule has 90 valence electrons. The standard InChI is InChI=1S/C9H9Cl2N5O/c10-5-3-6(11)9(16-8(5)12)13-2-1-7-14-4-15-17-7/h3-4H,1-2H2,(H3,12,13,16). The van der Waals surface area contributed by atoms with Gasteiger partial charge in [-0.2, -0.15) is 4.98 Å². The number of anilines is 2. The molecule has 0 fully saturated rings. The summed E-state index contributed by atoms with van der Waals surface area (Å²) in [5, 5.41) is 7.25. The molecule has 0 spiro atoms. The molecule has 2 aromatic rings. The van der Waals surface area contributed by atoms with Gasteiger partial charge < -0.3 is 15.6 Å². The summed E-state index contributed by atoms with van der Waals surface area (Å²) in [4.78, 5) is 7.91. The van der Waals surface area contributed by atoms with Gasteiger partial charge in [0.2, 0.25) is 5.89 Å². The third-order valence-electron chi connectivity index (χ3n) is 1.99.